The van der Waals surface area contributed by atoms with Crippen LogP contribution >= 0.6 is 27.7 Å². The van der Waals surface area contributed by atoms with Gasteiger partial charge in [0.2, 0.25) is 5.89 Å². The predicted molar refractivity (Wildman–Crippen MR) is 62.0 cm³/mol. The number of hydrogen-bond acceptors (Lipinski definition) is 4. The molecule has 5 heteroatoms. The topological polar surface area (TPSA) is 38.9 Å². The number of aryl methyl sites for hydroxylation is 1. The lowest BCUT2D eigenvalue weighted by atomic mass is 10.1. The summed E-state index contributed by atoms with van der Waals surface area (Å²) in [5, 5.41) is 9.47. The van der Waals surface area contributed by atoms with Gasteiger partial charge in [-0.25, -0.2) is 0 Å². The van der Waals surface area contributed by atoms with Crippen LogP contribution in [-0.4, -0.2) is 21.3 Å². The lowest BCUT2D eigenvalue weighted by molar-refractivity contribution is 0.428. The van der Waals surface area contributed by atoms with Gasteiger partial charge in [0.25, 0.3) is 5.22 Å². The average Bonchev–Trinajstić information content (AvgIpc) is 2.52. The summed E-state index contributed by atoms with van der Waals surface area (Å²) in [4.78, 5) is 0. The van der Waals surface area contributed by atoms with E-state index < -0.39 is 0 Å². The van der Waals surface area contributed by atoms with Crippen LogP contribution in [0.2, 0.25) is 0 Å². The molecule has 14 heavy (non-hydrogen) atoms. The van der Waals surface area contributed by atoms with Crippen molar-refractivity contribution in [1.29, 1.82) is 0 Å². The Bertz CT molecular complexity index is 267. The van der Waals surface area contributed by atoms with Crippen LogP contribution in [0.4, 0.5) is 0 Å². The van der Waals surface area contributed by atoms with Gasteiger partial charge in [-0.3, -0.25) is 0 Å². The molecular formula is C9H15BrN2OS. The van der Waals surface area contributed by atoms with E-state index in [1.54, 1.807) is 11.8 Å². The van der Waals surface area contributed by atoms with Gasteiger partial charge in [0.15, 0.2) is 0 Å². The summed E-state index contributed by atoms with van der Waals surface area (Å²) < 4.78 is 5.26. The first-order valence-corrected chi connectivity index (χ1v) is 6.82. The highest BCUT2D eigenvalue weighted by atomic mass is 79.9. The van der Waals surface area contributed by atoms with Crippen LogP contribution in [0.25, 0.3) is 0 Å². The van der Waals surface area contributed by atoms with Crippen LogP contribution in [0, 0.1) is 12.8 Å². The minimum absolute atomic E-state index is 0.640. The van der Waals surface area contributed by atoms with Crippen LogP contribution in [0.3, 0.4) is 0 Å². The van der Waals surface area contributed by atoms with E-state index in [2.05, 4.69) is 33.1 Å². The summed E-state index contributed by atoms with van der Waals surface area (Å²) in [5.74, 6) is 2.45. The zero-order valence-electron chi connectivity index (χ0n) is 8.49. The Kier molecular flexibility index (Phi) is 5.55. The van der Waals surface area contributed by atoms with Gasteiger partial charge in [0, 0.05) is 18.0 Å². The highest BCUT2D eigenvalue weighted by molar-refractivity contribution is 9.09. The Morgan fingerprint density at radius 1 is 1.43 bits per heavy atom. The van der Waals surface area contributed by atoms with Gasteiger partial charge in [0.1, 0.15) is 0 Å². The molecule has 0 aliphatic carbocycles. The van der Waals surface area contributed by atoms with Crippen molar-refractivity contribution < 1.29 is 4.42 Å². The maximum Gasteiger partial charge on any atom is 0.276 e. The van der Waals surface area contributed by atoms with E-state index in [0.717, 1.165) is 17.0 Å². The number of rotatable bonds is 6. The number of thioether (sulfide) groups is 1. The molecule has 0 spiro atoms. The zero-order chi connectivity index (χ0) is 10.4. The summed E-state index contributed by atoms with van der Waals surface area (Å²) in [6.07, 6.45) is 2.42. The minimum Gasteiger partial charge on any atom is -0.416 e. The Morgan fingerprint density at radius 2 is 2.21 bits per heavy atom. The molecular weight excluding hydrogens is 264 g/mol. The molecule has 0 bridgehead atoms. The first-order chi connectivity index (χ1) is 6.72. The van der Waals surface area contributed by atoms with Crippen LogP contribution in [0.1, 0.15) is 25.7 Å². The molecule has 0 aliphatic rings. The molecule has 0 aliphatic heterocycles. The fraction of sp³-hybridized carbons (Fsp3) is 0.778. The third kappa shape index (κ3) is 4.46. The first-order valence-electron chi connectivity index (χ1n) is 4.71. The molecule has 1 heterocycles. The van der Waals surface area contributed by atoms with Gasteiger partial charge in [-0.1, -0.05) is 34.6 Å². The van der Waals surface area contributed by atoms with Gasteiger partial charge >= 0.3 is 0 Å². The molecule has 0 N–H and O–H groups in total. The Hall–Kier alpha value is -0.0300. The first kappa shape index (κ1) is 12.0. The molecule has 1 rings (SSSR count). The van der Waals surface area contributed by atoms with Crippen LogP contribution in [0.15, 0.2) is 9.64 Å². The van der Waals surface area contributed by atoms with Crippen molar-refractivity contribution >= 4 is 27.7 Å². The summed E-state index contributed by atoms with van der Waals surface area (Å²) in [7, 11) is 0. The molecule has 1 aromatic rings. The largest absolute Gasteiger partial charge is 0.416 e. The summed E-state index contributed by atoms with van der Waals surface area (Å²) in [6.45, 7) is 4.07. The lowest BCUT2D eigenvalue weighted by Crippen LogP contribution is -1.96. The smallest absolute Gasteiger partial charge is 0.276 e. The van der Waals surface area contributed by atoms with Crippen molar-refractivity contribution in [3.8, 4) is 0 Å². The molecule has 0 saturated carbocycles. The third-order valence-electron chi connectivity index (χ3n) is 1.95. The third-order valence-corrected chi connectivity index (χ3v) is 3.26. The van der Waals surface area contributed by atoms with Gasteiger partial charge in [-0.05, 0) is 18.8 Å². The monoisotopic (exact) mass is 278 g/mol. The predicted octanol–water partition coefficient (Wildman–Crippen LogP) is 3.28. The van der Waals surface area contributed by atoms with Crippen molar-refractivity contribution in [3.05, 3.63) is 5.89 Å². The Balaban J connectivity index is 2.15. The van der Waals surface area contributed by atoms with Crippen LogP contribution < -0.4 is 0 Å². The van der Waals surface area contributed by atoms with Crippen LogP contribution in [0.5, 0.6) is 0 Å². The van der Waals surface area contributed by atoms with E-state index >= 15 is 0 Å². The SMILES string of the molecule is Cc1nnc(SCCC(C)CCBr)o1. The molecule has 80 valence electrons. The number of nitrogens with zero attached hydrogens (tertiary/aromatic N) is 2. The summed E-state index contributed by atoms with van der Waals surface area (Å²) >= 11 is 5.08. The number of halogens is 1. The van der Waals surface area contributed by atoms with Gasteiger partial charge < -0.3 is 4.42 Å². The van der Waals surface area contributed by atoms with Gasteiger partial charge in [-0.15, -0.1) is 10.2 Å². The van der Waals surface area contributed by atoms with E-state index in [1.807, 2.05) is 6.92 Å². The van der Waals surface area contributed by atoms with Crippen molar-refractivity contribution in [3.63, 3.8) is 0 Å². The molecule has 1 unspecified atom stereocenters. The summed E-state index contributed by atoms with van der Waals surface area (Å²) in [6, 6.07) is 0. The van der Waals surface area contributed by atoms with Crippen molar-refractivity contribution in [2.45, 2.75) is 31.9 Å². The fourth-order valence-corrected chi connectivity index (χ4v) is 2.77. The van der Waals surface area contributed by atoms with E-state index in [1.165, 1.54) is 12.8 Å². The van der Waals surface area contributed by atoms with E-state index in [9.17, 15) is 0 Å². The Labute approximate surface area is 97.2 Å². The molecule has 1 atom stereocenters. The second kappa shape index (κ2) is 6.45. The molecule has 0 saturated heterocycles. The second-order valence-electron chi connectivity index (χ2n) is 3.31. The number of alkyl halides is 1. The average molecular weight is 279 g/mol. The van der Waals surface area contributed by atoms with Crippen molar-refractivity contribution in [1.82, 2.24) is 10.2 Å². The minimum atomic E-state index is 0.640. The molecule has 1 aromatic heterocycles. The van der Waals surface area contributed by atoms with Gasteiger partial charge in [0.05, 0.1) is 0 Å². The quantitative estimate of drug-likeness (QED) is 0.591. The fourth-order valence-electron chi connectivity index (χ4n) is 1.01. The van der Waals surface area contributed by atoms with E-state index in [0.29, 0.717) is 11.1 Å². The highest BCUT2D eigenvalue weighted by Gasteiger charge is 2.05. The van der Waals surface area contributed by atoms with Crippen molar-refractivity contribution in [2.75, 3.05) is 11.1 Å². The lowest BCUT2D eigenvalue weighted by Gasteiger charge is -2.06. The van der Waals surface area contributed by atoms with Crippen LogP contribution in [-0.2, 0) is 0 Å². The summed E-state index contributed by atoms with van der Waals surface area (Å²) in [5.41, 5.74) is 0. The maximum atomic E-state index is 5.26. The zero-order valence-corrected chi connectivity index (χ0v) is 10.9. The molecule has 0 amide bonds. The molecule has 3 nitrogen and oxygen atoms in total. The number of aromatic nitrogens is 2. The molecule has 0 fully saturated rings. The van der Waals surface area contributed by atoms with Gasteiger partial charge in [-0.2, -0.15) is 0 Å². The van der Waals surface area contributed by atoms with E-state index in [-0.39, 0.29) is 0 Å². The normalized spacial score (nSPS) is 13.1. The van der Waals surface area contributed by atoms with Crippen molar-refractivity contribution in [2.24, 2.45) is 5.92 Å². The molecule has 0 aromatic carbocycles. The highest BCUT2D eigenvalue weighted by Crippen LogP contribution is 2.20. The standard InChI is InChI=1S/C9H15BrN2OS/c1-7(3-5-10)4-6-14-9-12-11-8(2)13-9/h7H,3-6H2,1-2H3. The number of hydrogen-bond donors (Lipinski definition) is 0. The maximum absolute atomic E-state index is 5.26. The Morgan fingerprint density at radius 3 is 2.79 bits per heavy atom. The van der Waals surface area contributed by atoms with E-state index in [4.69, 9.17) is 4.42 Å². The molecule has 0 radical (unpaired) electrons. The second-order valence-corrected chi connectivity index (χ2v) is 5.15.